The van der Waals surface area contributed by atoms with Gasteiger partial charge < -0.3 is 5.73 Å². The number of halogens is 1. The molecule has 1 aromatic heterocycles. The Bertz CT molecular complexity index is 514. The number of hydrogen-bond donors (Lipinski definition) is 1. The Kier molecular flexibility index (Phi) is 3.04. The molecule has 0 aliphatic heterocycles. The fraction of sp³-hybridized carbons (Fsp3) is 0.417. The van der Waals surface area contributed by atoms with Gasteiger partial charge in [-0.1, -0.05) is 12.1 Å². The molecule has 0 radical (unpaired) electrons. The second-order valence-corrected chi connectivity index (χ2v) is 5.11. The summed E-state index contributed by atoms with van der Waals surface area (Å²) in [6.45, 7) is 6.24. The Hall–Kier alpha value is -0.870. The number of hydrogen-bond acceptors (Lipinski definition) is 2. The van der Waals surface area contributed by atoms with E-state index in [0.717, 1.165) is 21.1 Å². The quantitative estimate of drug-likeness (QED) is 0.917. The maximum atomic E-state index is 5.98. The van der Waals surface area contributed by atoms with Crippen LogP contribution in [0.15, 0.2) is 22.8 Å². The van der Waals surface area contributed by atoms with Crippen molar-refractivity contribution in [3.8, 4) is 0 Å². The molecule has 0 fully saturated rings. The zero-order chi connectivity index (χ0) is 11.9. The molecular formula is C12H16BrN3. The highest BCUT2D eigenvalue weighted by Crippen LogP contribution is 2.31. The van der Waals surface area contributed by atoms with Crippen molar-refractivity contribution < 1.29 is 0 Å². The maximum absolute atomic E-state index is 5.98. The molecule has 0 amide bonds. The topological polar surface area (TPSA) is 43.8 Å². The Balaban J connectivity index is 2.79. The number of benzene rings is 1. The molecule has 0 spiro atoms. The first-order chi connectivity index (χ1) is 7.52. The molecule has 3 nitrogen and oxygen atoms in total. The Morgan fingerprint density at radius 3 is 2.56 bits per heavy atom. The maximum Gasteiger partial charge on any atom is 0.136 e. The lowest BCUT2D eigenvalue weighted by molar-refractivity contribution is 0.548. The van der Waals surface area contributed by atoms with Crippen molar-refractivity contribution >= 4 is 26.8 Å². The van der Waals surface area contributed by atoms with Gasteiger partial charge in [-0.3, -0.25) is 4.68 Å². The number of rotatable bonds is 2. The Morgan fingerprint density at radius 2 is 2.00 bits per heavy atom. The molecule has 0 saturated carbocycles. The number of aromatic nitrogens is 2. The standard InChI is InChI=1S/C12H16BrN3/c1-7(2)16-10-6-4-5-9(8(3)14)11(10)12(13)15-16/h4-8H,14H2,1-3H3. The van der Waals surface area contributed by atoms with E-state index in [0.29, 0.717) is 6.04 Å². The number of nitrogens with two attached hydrogens (primary N) is 1. The van der Waals surface area contributed by atoms with Gasteiger partial charge in [-0.2, -0.15) is 5.10 Å². The minimum atomic E-state index is 0.0183. The summed E-state index contributed by atoms with van der Waals surface area (Å²) in [4.78, 5) is 0. The van der Waals surface area contributed by atoms with Crippen molar-refractivity contribution in [2.75, 3.05) is 0 Å². The predicted octanol–water partition coefficient (Wildman–Crippen LogP) is 3.40. The summed E-state index contributed by atoms with van der Waals surface area (Å²) in [5, 5.41) is 5.64. The van der Waals surface area contributed by atoms with Crippen LogP contribution in [0.2, 0.25) is 0 Å². The van der Waals surface area contributed by atoms with E-state index in [-0.39, 0.29) is 6.04 Å². The van der Waals surface area contributed by atoms with Crippen molar-refractivity contribution in [1.82, 2.24) is 9.78 Å². The number of fused-ring (bicyclic) bond motifs is 1. The lowest BCUT2D eigenvalue weighted by Gasteiger charge is -2.09. The third-order valence-electron chi connectivity index (χ3n) is 2.70. The lowest BCUT2D eigenvalue weighted by atomic mass is 10.0. The SMILES string of the molecule is CC(N)c1cccc2c1c(Br)nn2C(C)C. The summed E-state index contributed by atoms with van der Waals surface area (Å²) in [5.74, 6) is 0. The fourth-order valence-electron chi connectivity index (χ4n) is 1.94. The van der Waals surface area contributed by atoms with E-state index in [1.165, 1.54) is 0 Å². The van der Waals surface area contributed by atoms with E-state index in [1.807, 2.05) is 17.7 Å². The number of nitrogens with zero attached hydrogens (tertiary/aromatic N) is 2. The van der Waals surface area contributed by atoms with Crippen LogP contribution in [0.5, 0.6) is 0 Å². The first-order valence-corrected chi connectivity index (χ1v) is 6.24. The van der Waals surface area contributed by atoms with Crippen molar-refractivity contribution in [1.29, 1.82) is 0 Å². The van der Waals surface area contributed by atoms with Crippen LogP contribution >= 0.6 is 15.9 Å². The van der Waals surface area contributed by atoms with Crippen LogP contribution in [-0.4, -0.2) is 9.78 Å². The second-order valence-electron chi connectivity index (χ2n) is 4.36. The van der Waals surface area contributed by atoms with Crippen LogP contribution in [0.4, 0.5) is 0 Å². The summed E-state index contributed by atoms with van der Waals surface area (Å²) in [5.41, 5.74) is 8.25. The highest BCUT2D eigenvalue weighted by Gasteiger charge is 2.15. The molecule has 2 rings (SSSR count). The zero-order valence-electron chi connectivity index (χ0n) is 9.74. The molecule has 2 N–H and O–H groups in total. The zero-order valence-corrected chi connectivity index (χ0v) is 11.3. The third kappa shape index (κ3) is 1.76. The van der Waals surface area contributed by atoms with Crippen molar-refractivity contribution in [3.05, 3.63) is 28.4 Å². The van der Waals surface area contributed by atoms with Gasteiger partial charge in [0.2, 0.25) is 0 Å². The molecule has 0 aliphatic rings. The molecule has 1 heterocycles. The van der Waals surface area contributed by atoms with E-state index >= 15 is 0 Å². The summed E-state index contributed by atoms with van der Waals surface area (Å²) in [6, 6.07) is 6.54. The van der Waals surface area contributed by atoms with Gasteiger partial charge in [-0.05, 0) is 48.3 Å². The van der Waals surface area contributed by atoms with E-state index in [4.69, 9.17) is 5.73 Å². The van der Waals surface area contributed by atoms with Crippen LogP contribution in [-0.2, 0) is 0 Å². The van der Waals surface area contributed by atoms with Gasteiger partial charge >= 0.3 is 0 Å². The van der Waals surface area contributed by atoms with Gasteiger partial charge in [0, 0.05) is 17.5 Å². The molecular weight excluding hydrogens is 266 g/mol. The van der Waals surface area contributed by atoms with Gasteiger partial charge in [0.15, 0.2) is 0 Å². The highest BCUT2D eigenvalue weighted by molar-refractivity contribution is 9.10. The van der Waals surface area contributed by atoms with Crippen molar-refractivity contribution in [3.63, 3.8) is 0 Å². The summed E-state index contributed by atoms with van der Waals surface area (Å²) >= 11 is 3.52. The van der Waals surface area contributed by atoms with E-state index < -0.39 is 0 Å². The molecule has 0 bridgehead atoms. The molecule has 86 valence electrons. The largest absolute Gasteiger partial charge is 0.324 e. The molecule has 0 saturated heterocycles. The normalized spacial score (nSPS) is 13.6. The Labute approximate surface area is 104 Å². The van der Waals surface area contributed by atoms with Crippen LogP contribution in [0, 0.1) is 0 Å². The summed E-state index contributed by atoms with van der Waals surface area (Å²) in [7, 11) is 0. The molecule has 4 heteroatoms. The summed E-state index contributed by atoms with van der Waals surface area (Å²) in [6.07, 6.45) is 0. The molecule has 2 aromatic rings. The van der Waals surface area contributed by atoms with E-state index in [1.54, 1.807) is 0 Å². The van der Waals surface area contributed by atoms with Gasteiger partial charge in [-0.25, -0.2) is 0 Å². The smallest absolute Gasteiger partial charge is 0.136 e. The highest BCUT2D eigenvalue weighted by atomic mass is 79.9. The van der Waals surface area contributed by atoms with Gasteiger partial charge in [-0.15, -0.1) is 0 Å². The average Bonchev–Trinajstić information content (AvgIpc) is 2.56. The van der Waals surface area contributed by atoms with Gasteiger partial charge in [0.1, 0.15) is 4.60 Å². The Morgan fingerprint density at radius 1 is 1.31 bits per heavy atom. The minimum Gasteiger partial charge on any atom is -0.324 e. The van der Waals surface area contributed by atoms with Crippen LogP contribution < -0.4 is 5.73 Å². The molecule has 0 aliphatic carbocycles. The fourth-order valence-corrected chi connectivity index (χ4v) is 2.55. The molecule has 1 aromatic carbocycles. The first-order valence-electron chi connectivity index (χ1n) is 5.44. The van der Waals surface area contributed by atoms with Crippen LogP contribution in [0.3, 0.4) is 0 Å². The average molecular weight is 282 g/mol. The van der Waals surface area contributed by atoms with E-state index in [2.05, 4.69) is 47.0 Å². The van der Waals surface area contributed by atoms with Crippen LogP contribution in [0.1, 0.15) is 38.4 Å². The van der Waals surface area contributed by atoms with Crippen LogP contribution in [0.25, 0.3) is 10.9 Å². The third-order valence-corrected chi connectivity index (χ3v) is 3.26. The first kappa shape index (κ1) is 11.6. The summed E-state index contributed by atoms with van der Waals surface area (Å²) < 4.78 is 2.90. The second kappa shape index (κ2) is 4.18. The monoisotopic (exact) mass is 281 g/mol. The van der Waals surface area contributed by atoms with Gasteiger partial charge in [0.25, 0.3) is 0 Å². The van der Waals surface area contributed by atoms with Crippen molar-refractivity contribution in [2.45, 2.75) is 32.9 Å². The minimum absolute atomic E-state index is 0.0183. The van der Waals surface area contributed by atoms with E-state index in [9.17, 15) is 0 Å². The molecule has 1 unspecified atom stereocenters. The van der Waals surface area contributed by atoms with Crippen molar-refractivity contribution in [2.24, 2.45) is 5.73 Å². The predicted molar refractivity (Wildman–Crippen MR) is 70.4 cm³/mol. The lowest BCUT2D eigenvalue weighted by Crippen LogP contribution is -2.06. The van der Waals surface area contributed by atoms with Gasteiger partial charge in [0.05, 0.1) is 5.52 Å². The molecule has 16 heavy (non-hydrogen) atoms. The molecule has 1 atom stereocenters.